The van der Waals surface area contributed by atoms with Gasteiger partial charge in [-0.15, -0.1) is 0 Å². The van der Waals surface area contributed by atoms with Crippen LogP contribution in [0.5, 0.6) is 0 Å². The van der Waals surface area contributed by atoms with Gasteiger partial charge in [-0.3, -0.25) is 4.79 Å². The number of esters is 1. The van der Waals surface area contributed by atoms with Gasteiger partial charge in [0.05, 0.1) is 13.5 Å². The lowest BCUT2D eigenvalue weighted by Gasteiger charge is -2.57. The molecule has 4 rings (SSSR count). The van der Waals surface area contributed by atoms with Crippen molar-refractivity contribution in [1.82, 2.24) is 4.90 Å². The summed E-state index contributed by atoms with van der Waals surface area (Å²) in [4.78, 5) is 13.7. The van der Waals surface area contributed by atoms with Gasteiger partial charge in [0.1, 0.15) is 0 Å². The lowest BCUT2D eigenvalue weighted by Crippen LogP contribution is -2.47. The summed E-state index contributed by atoms with van der Waals surface area (Å²) in [5.41, 5.74) is 0.660. The summed E-state index contributed by atoms with van der Waals surface area (Å²) < 4.78 is 4.76. The van der Waals surface area contributed by atoms with Crippen molar-refractivity contribution in [2.75, 3.05) is 26.7 Å². The van der Waals surface area contributed by atoms with Gasteiger partial charge in [-0.05, 0) is 81.2 Å². The van der Waals surface area contributed by atoms with Crippen LogP contribution in [0.25, 0.3) is 0 Å². The summed E-state index contributed by atoms with van der Waals surface area (Å²) >= 11 is 0. The number of hydrogen-bond donors (Lipinski definition) is 0. The van der Waals surface area contributed by atoms with Gasteiger partial charge >= 0.3 is 5.97 Å². The Morgan fingerprint density at radius 3 is 2.14 bits per heavy atom. The fourth-order valence-corrected chi connectivity index (χ4v) is 5.77. The second kappa shape index (κ2) is 6.28. The molecule has 0 aromatic rings. The molecule has 0 N–H and O–H groups in total. The van der Waals surface area contributed by atoms with Crippen molar-refractivity contribution in [2.24, 2.45) is 23.2 Å². The van der Waals surface area contributed by atoms with Crippen molar-refractivity contribution >= 4 is 5.97 Å². The Morgan fingerprint density at radius 1 is 1.10 bits per heavy atom. The van der Waals surface area contributed by atoms with Crippen LogP contribution in [0.1, 0.15) is 58.3 Å². The molecule has 0 atom stereocenters. The van der Waals surface area contributed by atoms with E-state index in [4.69, 9.17) is 4.74 Å². The highest BCUT2D eigenvalue weighted by Crippen LogP contribution is 2.61. The van der Waals surface area contributed by atoms with E-state index < -0.39 is 0 Å². The van der Waals surface area contributed by atoms with Crippen LogP contribution in [-0.4, -0.2) is 37.6 Å². The molecule has 0 radical (unpaired) electrons. The van der Waals surface area contributed by atoms with E-state index in [2.05, 4.69) is 11.8 Å². The quantitative estimate of drug-likeness (QED) is 0.673. The van der Waals surface area contributed by atoms with E-state index in [9.17, 15) is 4.79 Å². The lowest BCUT2D eigenvalue weighted by molar-refractivity contribution is -0.141. The third-order valence-corrected chi connectivity index (χ3v) is 6.43. The molecule has 4 aliphatic carbocycles. The molecule has 0 unspecified atom stereocenters. The lowest BCUT2D eigenvalue weighted by atomic mass is 9.49. The van der Waals surface area contributed by atoms with Gasteiger partial charge in [-0.1, -0.05) is 6.92 Å². The Kier molecular flexibility index (Phi) is 4.58. The van der Waals surface area contributed by atoms with Crippen LogP contribution in [0.15, 0.2) is 0 Å². The van der Waals surface area contributed by atoms with Gasteiger partial charge in [-0.25, -0.2) is 0 Å². The molecule has 120 valence electrons. The first-order valence-corrected chi connectivity index (χ1v) is 8.91. The maximum absolute atomic E-state index is 11.3. The number of nitrogens with zero attached hydrogens (tertiary/aromatic N) is 1. The normalized spacial score (nSPS) is 37.2. The van der Waals surface area contributed by atoms with Crippen LogP contribution in [0.2, 0.25) is 0 Å². The molecule has 4 aliphatic rings. The Morgan fingerprint density at radius 2 is 1.67 bits per heavy atom. The molecule has 0 spiro atoms. The second-order valence-corrected chi connectivity index (χ2v) is 7.93. The molecular formula is C18H31NO2. The van der Waals surface area contributed by atoms with Crippen LogP contribution >= 0.6 is 0 Å². The third kappa shape index (κ3) is 3.44. The molecule has 0 saturated heterocycles. The molecule has 0 aliphatic heterocycles. The van der Waals surface area contributed by atoms with Gasteiger partial charge < -0.3 is 9.64 Å². The number of carbonyl (C=O) groups is 1. The summed E-state index contributed by atoms with van der Waals surface area (Å²) in [5.74, 6) is 3.05. The summed E-state index contributed by atoms with van der Waals surface area (Å²) in [6.45, 7) is 5.27. The van der Waals surface area contributed by atoms with Crippen LogP contribution in [-0.2, 0) is 9.53 Å². The predicted molar refractivity (Wildman–Crippen MR) is 84.0 cm³/mol. The van der Waals surface area contributed by atoms with Crippen LogP contribution in [0.3, 0.4) is 0 Å². The van der Waals surface area contributed by atoms with E-state index >= 15 is 0 Å². The van der Waals surface area contributed by atoms with Crippen molar-refractivity contribution in [1.29, 1.82) is 0 Å². The smallest absolute Gasteiger partial charge is 0.306 e. The molecule has 3 heteroatoms. The first kappa shape index (κ1) is 15.3. The summed E-state index contributed by atoms with van der Waals surface area (Å²) in [6.07, 6.45) is 10.9. The fraction of sp³-hybridized carbons (Fsp3) is 0.944. The fourth-order valence-electron chi connectivity index (χ4n) is 5.77. The minimum atomic E-state index is -0.0803. The Labute approximate surface area is 129 Å². The van der Waals surface area contributed by atoms with E-state index in [1.807, 2.05) is 0 Å². The molecule has 4 saturated carbocycles. The molecule has 4 fully saturated rings. The summed E-state index contributed by atoms with van der Waals surface area (Å²) in [6, 6.07) is 0. The minimum Gasteiger partial charge on any atom is -0.469 e. The standard InChI is InChI=1S/C18H31NO2/c1-3-19(6-4-17(20)21-2)7-5-18-11-14-8-15(12-18)10-16(9-14)13-18/h14-16H,3-13H2,1-2H3. The highest BCUT2D eigenvalue weighted by atomic mass is 16.5. The molecule has 0 amide bonds. The van der Waals surface area contributed by atoms with Crippen molar-refractivity contribution < 1.29 is 9.53 Å². The summed E-state index contributed by atoms with van der Waals surface area (Å²) in [7, 11) is 1.48. The molecule has 0 heterocycles. The first-order valence-electron chi connectivity index (χ1n) is 8.91. The van der Waals surface area contributed by atoms with Crippen molar-refractivity contribution in [3.63, 3.8) is 0 Å². The average molecular weight is 293 g/mol. The number of rotatable bonds is 7. The Balaban J connectivity index is 1.50. The monoisotopic (exact) mass is 293 g/mol. The van der Waals surface area contributed by atoms with Gasteiger partial charge in [0.25, 0.3) is 0 Å². The van der Waals surface area contributed by atoms with Crippen molar-refractivity contribution in [3.8, 4) is 0 Å². The van der Waals surface area contributed by atoms with Crippen LogP contribution in [0.4, 0.5) is 0 Å². The van der Waals surface area contributed by atoms with Crippen LogP contribution in [0, 0.1) is 23.2 Å². The molecule has 0 aromatic heterocycles. The largest absolute Gasteiger partial charge is 0.469 e. The number of hydrogen-bond acceptors (Lipinski definition) is 3. The third-order valence-electron chi connectivity index (χ3n) is 6.43. The highest BCUT2D eigenvalue weighted by molar-refractivity contribution is 5.69. The molecule has 21 heavy (non-hydrogen) atoms. The average Bonchev–Trinajstić information content (AvgIpc) is 2.45. The van der Waals surface area contributed by atoms with Gasteiger partial charge in [0.15, 0.2) is 0 Å². The van der Waals surface area contributed by atoms with E-state index in [-0.39, 0.29) is 5.97 Å². The number of methoxy groups -OCH3 is 1. The molecular weight excluding hydrogens is 262 g/mol. The number of carbonyl (C=O) groups excluding carboxylic acids is 1. The second-order valence-electron chi connectivity index (χ2n) is 7.93. The zero-order valence-electron chi connectivity index (χ0n) is 13.8. The summed E-state index contributed by atoms with van der Waals surface area (Å²) in [5, 5.41) is 0. The van der Waals surface area contributed by atoms with E-state index in [1.165, 1.54) is 58.6 Å². The zero-order valence-corrected chi connectivity index (χ0v) is 13.8. The molecule has 3 nitrogen and oxygen atoms in total. The SMILES string of the molecule is CCN(CCC(=O)OC)CCC12CC3CC(CC(C3)C1)C2. The molecule has 0 aromatic carbocycles. The van der Waals surface area contributed by atoms with Crippen molar-refractivity contribution in [3.05, 3.63) is 0 Å². The van der Waals surface area contributed by atoms with E-state index in [1.54, 1.807) is 0 Å². The topological polar surface area (TPSA) is 29.5 Å². The van der Waals surface area contributed by atoms with E-state index in [0.717, 1.165) is 30.8 Å². The Hall–Kier alpha value is -0.570. The maximum atomic E-state index is 11.3. The van der Waals surface area contributed by atoms with Crippen molar-refractivity contribution in [2.45, 2.75) is 58.3 Å². The Bertz CT molecular complexity index is 344. The minimum absolute atomic E-state index is 0.0803. The zero-order chi connectivity index (χ0) is 14.9. The van der Waals surface area contributed by atoms with Gasteiger partial charge in [-0.2, -0.15) is 0 Å². The highest BCUT2D eigenvalue weighted by Gasteiger charge is 2.50. The van der Waals surface area contributed by atoms with Gasteiger partial charge in [0, 0.05) is 6.54 Å². The first-order chi connectivity index (χ1) is 10.1. The molecule has 4 bridgehead atoms. The maximum Gasteiger partial charge on any atom is 0.306 e. The van der Waals surface area contributed by atoms with Gasteiger partial charge in [0.2, 0.25) is 0 Å². The van der Waals surface area contributed by atoms with Crippen LogP contribution < -0.4 is 0 Å². The van der Waals surface area contributed by atoms with E-state index in [0.29, 0.717) is 11.8 Å². The predicted octanol–water partition coefficient (Wildman–Crippen LogP) is 3.48. The number of ether oxygens (including phenoxy) is 1.